The number of aromatic nitrogens is 1. The summed E-state index contributed by atoms with van der Waals surface area (Å²) < 4.78 is 10.8. The number of thioether (sulfide) groups is 1. The number of ether oxygens (including phenoxy) is 2. The van der Waals surface area contributed by atoms with E-state index in [2.05, 4.69) is 45.2 Å². The third-order valence-electron chi connectivity index (χ3n) is 7.53. The first-order valence-corrected chi connectivity index (χ1v) is 17.3. The van der Waals surface area contributed by atoms with Crippen LogP contribution >= 0.6 is 23.1 Å². The van der Waals surface area contributed by atoms with Gasteiger partial charge >= 0.3 is 0 Å². The Bertz CT molecular complexity index is 2200. The Balaban J connectivity index is 1.11. The summed E-state index contributed by atoms with van der Waals surface area (Å²) in [4.78, 5) is 44.9. The monoisotopic (exact) mass is 700 g/mol. The van der Waals surface area contributed by atoms with Gasteiger partial charge in [0, 0.05) is 38.7 Å². The number of nitrogens with zero attached hydrogens (tertiary/aromatic N) is 1. The number of carbonyl (C=O) groups is 3. The van der Waals surface area contributed by atoms with Gasteiger partial charge in [0.1, 0.15) is 17.2 Å². The van der Waals surface area contributed by atoms with Crippen molar-refractivity contribution < 1.29 is 23.9 Å². The van der Waals surface area contributed by atoms with Crippen molar-refractivity contribution in [3.8, 4) is 22.8 Å². The van der Waals surface area contributed by atoms with Gasteiger partial charge in [0.05, 0.1) is 25.7 Å². The standard InChI is InChI=1S/C39H32N4O5S2/c1-47-31-18-17-29(35(22-31)48-2)20-33(41-37(45)26-10-4-3-5-11-26)38(46)40-30-13-8-14-32(21-30)49-24-36(44)43-39-42-34(23-50-39)28-16-15-25-9-6-7-12-27(25)19-28/h3-23H,24H2,1-2H3,(H,40,46)(H,41,45)(H,42,43,44)/b33-20+. The van der Waals surface area contributed by atoms with Gasteiger partial charge in [0.25, 0.3) is 11.8 Å². The van der Waals surface area contributed by atoms with E-state index in [-0.39, 0.29) is 17.4 Å². The molecule has 6 aromatic rings. The van der Waals surface area contributed by atoms with E-state index in [1.54, 1.807) is 79.9 Å². The summed E-state index contributed by atoms with van der Waals surface area (Å²) in [6.45, 7) is 0. The second-order valence-electron chi connectivity index (χ2n) is 10.9. The molecule has 0 saturated heterocycles. The predicted molar refractivity (Wildman–Crippen MR) is 201 cm³/mol. The van der Waals surface area contributed by atoms with E-state index in [4.69, 9.17) is 9.47 Å². The number of hydrogen-bond acceptors (Lipinski definition) is 8. The molecule has 0 bridgehead atoms. The van der Waals surface area contributed by atoms with Crippen LogP contribution in [0.5, 0.6) is 11.5 Å². The highest BCUT2D eigenvalue weighted by Gasteiger charge is 2.17. The Labute approximate surface area is 297 Å². The summed E-state index contributed by atoms with van der Waals surface area (Å²) >= 11 is 2.69. The molecular weight excluding hydrogens is 669 g/mol. The Morgan fingerprint density at radius 3 is 2.40 bits per heavy atom. The maximum absolute atomic E-state index is 13.6. The maximum atomic E-state index is 13.6. The van der Waals surface area contributed by atoms with E-state index in [0.717, 1.165) is 26.9 Å². The lowest BCUT2D eigenvalue weighted by Crippen LogP contribution is -2.30. The van der Waals surface area contributed by atoms with Crippen molar-refractivity contribution in [3.05, 3.63) is 137 Å². The molecule has 11 heteroatoms. The van der Waals surface area contributed by atoms with Gasteiger partial charge < -0.3 is 25.4 Å². The van der Waals surface area contributed by atoms with Crippen LogP contribution in [-0.4, -0.2) is 42.7 Å². The third kappa shape index (κ3) is 8.56. The Morgan fingerprint density at radius 2 is 1.60 bits per heavy atom. The van der Waals surface area contributed by atoms with Gasteiger partial charge in [-0.3, -0.25) is 14.4 Å². The van der Waals surface area contributed by atoms with Crippen molar-refractivity contribution in [3.63, 3.8) is 0 Å². The van der Waals surface area contributed by atoms with Gasteiger partial charge in [-0.15, -0.1) is 23.1 Å². The molecule has 0 aliphatic carbocycles. The lowest BCUT2D eigenvalue weighted by molar-refractivity contribution is -0.114. The van der Waals surface area contributed by atoms with E-state index < -0.39 is 11.8 Å². The zero-order valence-electron chi connectivity index (χ0n) is 27.1. The van der Waals surface area contributed by atoms with E-state index in [0.29, 0.717) is 33.4 Å². The van der Waals surface area contributed by atoms with Crippen molar-refractivity contribution in [1.29, 1.82) is 0 Å². The fraction of sp³-hybridized carbons (Fsp3) is 0.0769. The quantitative estimate of drug-likeness (QED) is 0.0872. The Kier molecular flexibility index (Phi) is 10.9. The number of thiazole rings is 1. The molecule has 1 heterocycles. The average Bonchev–Trinajstić information content (AvgIpc) is 3.62. The molecule has 250 valence electrons. The molecule has 6 rings (SSSR count). The molecule has 3 N–H and O–H groups in total. The van der Waals surface area contributed by atoms with Crippen molar-refractivity contribution in [2.75, 3.05) is 30.6 Å². The second-order valence-corrected chi connectivity index (χ2v) is 12.8. The fourth-order valence-electron chi connectivity index (χ4n) is 5.01. The number of nitrogens with one attached hydrogen (secondary N) is 3. The minimum Gasteiger partial charge on any atom is -0.497 e. The predicted octanol–water partition coefficient (Wildman–Crippen LogP) is 8.12. The zero-order valence-corrected chi connectivity index (χ0v) is 28.8. The molecule has 0 aliphatic heterocycles. The zero-order chi connectivity index (χ0) is 34.9. The molecule has 0 spiro atoms. The summed E-state index contributed by atoms with van der Waals surface area (Å²) in [7, 11) is 3.06. The SMILES string of the molecule is COc1ccc(/C=C(/NC(=O)c2ccccc2)C(=O)Nc2cccc(SCC(=O)Nc3nc(-c4ccc5ccccc5c4)cs3)c2)c(OC)c1. The first-order chi connectivity index (χ1) is 24.4. The minimum absolute atomic E-state index is 0.00580. The van der Waals surface area contributed by atoms with Crippen LogP contribution in [0.2, 0.25) is 0 Å². The molecule has 0 fully saturated rings. The number of anilines is 2. The van der Waals surface area contributed by atoms with Crippen LogP contribution in [0.3, 0.4) is 0 Å². The molecule has 0 saturated carbocycles. The first-order valence-electron chi connectivity index (χ1n) is 15.5. The summed E-state index contributed by atoms with van der Waals surface area (Å²) in [6.07, 6.45) is 1.54. The van der Waals surface area contributed by atoms with Gasteiger partial charge in [0.2, 0.25) is 5.91 Å². The van der Waals surface area contributed by atoms with Crippen LogP contribution < -0.4 is 25.4 Å². The van der Waals surface area contributed by atoms with Crippen LogP contribution in [0.4, 0.5) is 10.8 Å². The molecule has 1 aromatic heterocycles. The minimum atomic E-state index is -0.543. The Morgan fingerprint density at radius 1 is 0.800 bits per heavy atom. The largest absolute Gasteiger partial charge is 0.497 e. The molecular formula is C39H32N4O5S2. The van der Waals surface area contributed by atoms with Crippen LogP contribution in [0.1, 0.15) is 15.9 Å². The van der Waals surface area contributed by atoms with E-state index in [1.807, 2.05) is 29.6 Å². The van der Waals surface area contributed by atoms with Crippen LogP contribution in [0.25, 0.3) is 28.1 Å². The highest BCUT2D eigenvalue weighted by molar-refractivity contribution is 8.00. The molecule has 50 heavy (non-hydrogen) atoms. The van der Waals surface area contributed by atoms with Crippen molar-refractivity contribution >= 4 is 68.5 Å². The maximum Gasteiger partial charge on any atom is 0.272 e. The van der Waals surface area contributed by atoms with E-state index in [1.165, 1.54) is 30.2 Å². The molecule has 3 amide bonds. The molecule has 9 nitrogen and oxygen atoms in total. The Hall–Kier alpha value is -5.91. The van der Waals surface area contributed by atoms with E-state index >= 15 is 0 Å². The number of benzene rings is 5. The van der Waals surface area contributed by atoms with Gasteiger partial charge in [-0.05, 0) is 65.4 Å². The van der Waals surface area contributed by atoms with Crippen LogP contribution in [-0.2, 0) is 9.59 Å². The topological polar surface area (TPSA) is 119 Å². The van der Waals surface area contributed by atoms with Gasteiger partial charge in [0.15, 0.2) is 5.13 Å². The number of carbonyl (C=O) groups excluding carboxylic acids is 3. The number of fused-ring (bicyclic) bond motifs is 1. The highest BCUT2D eigenvalue weighted by Crippen LogP contribution is 2.29. The molecule has 0 atom stereocenters. The van der Waals surface area contributed by atoms with Crippen molar-refractivity contribution in [2.45, 2.75) is 4.90 Å². The highest BCUT2D eigenvalue weighted by atomic mass is 32.2. The summed E-state index contributed by atoms with van der Waals surface area (Å²) in [5.74, 6) is -0.0112. The molecule has 5 aromatic carbocycles. The number of amides is 3. The number of rotatable bonds is 12. The summed E-state index contributed by atoms with van der Waals surface area (Å²) in [5.41, 5.74) is 3.23. The smallest absolute Gasteiger partial charge is 0.272 e. The second kappa shape index (κ2) is 16.0. The molecule has 0 radical (unpaired) electrons. The summed E-state index contributed by atoms with van der Waals surface area (Å²) in [6, 6.07) is 35.2. The third-order valence-corrected chi connectivity index (χ3v) is 9.28. The van der Waals surface area contributed by atoms with Gasteiger partial charge in [-0.1, -0.05) is 60.7 Å². The first kappa shape index (κ1) is 34.0. The summed E-state index contributed by atoms with van der Waals surface area (Å²) in [5, 5.41) is 13.2. The van der Waals surface area contributed by atoms with E-state index in [9.17, 15) is 14.4 Å². The normalized spacial score (nSPS) is 11.1. The van der Waals surface area contributed by atoms with Gasteiger partial charge in [-0.25, -0.2) is 4.98 Å². The van der Waals surface area contributed by atoms with Crippen molar-refractivity contribution in [2.24, 2.45) is 0 Å². The van der Waals surface area contributed by atoms with Crippen LogP contribution in [0.15, 0.2) is 131 Å². The molecule has 0 unspecified atom stereocenters. The number of hydrogen-bond donors (Lipinski definition) is 3. The average molecular weight is 701 g/mol. The lowest BCUT2D eigenvalue weighted by Gasteiger charge is -2.13. The van der Waals surface area contributed by atoms with Crippen molar-refractivity contribution in [1.82, 2.24) is 10.3 Å². The number of methoxy groups -OCH3 is 2. The fourth-order valence-corrected chi connectivity index (χ4v) is 6.51. The molecule has 0 aliphatic rings. The van der Waals surface area contributed by atoms with Crippen LogP contribution in [0, 0.1) is 0 Å². The van der Waals surface area contributed by atoms with Gasteiger partial charge in [-0.2, -0.15) is 0 Å². The lowest BCUT2D eigenvalue weighted by atomic mass is 10.1.